The number of nitrogens with zero attached hydrogens (tertiary/aromatic N) is 2. The van der Waals surface area contributed by atoms with Gasteiger partial charge < -0.3 is 21.7 Å². The number of rotatable bonds is 10. The first-order valence-corrected chi connectivity index (χ1v) is 13.8. The number of anilines is 1. The molecule has 12 heteroatoms. The summed E-state index contributed by atoms with van der Waals surface area (Å²) in [6, 6.07) is 2.88. The van der Waals surface area contributed by atoms with Gasteiger partial charge in [-0.15, -0.1) is 0 Å². The molecule has 3 aliphatic carbocycles. The molecule has 2 fully saturated rings. The van der Waals surface area contributed by atoms with Crippen LogP contribution < -0.4 is 21.7 Å². The van der Waals surface area contributed by atoms with E-state index in [9.17, 15) is 27.6 Å². The minimum atomic E-state index is -4.82. The van der Waals surface area contributed by atoms with E-state index in [-0.39, 0.29) is 23.8 Å². The molecule has 3 atom stereocenters. The Balaban J connectivity index is 1.31. The Morgan fingerprint density at radius 1 is 1.02 bits per heavy atom. The van der Waals surface area contributed by atoms with Crippen molar-refractivity contribution < 1.29 is 27.6 Å². The Hall–Kier alpha value is -3.41. The maximum absolute atomic E-state index is 13.7. The highest BCUT2D eigenvalue weighted by molar-refractivity contribution is 6.01. The third-order valence-electron chi connectivity index (χ3n) is 8.12. The van der Waals surface area contributed by atoms with E-state index in [1.165, 1.54) is 0 Å². The second-order valence-corrected chi connectivity index (χ2v) is 11.5. The molecule has 0 spiro atoms. The number of alkyl halides is 3. The molecule has 1 aromatic heterocycles. The second-order valence-electron chi connectivity index (χ2n) is 11.5. The van der Waals surface area contributed by atoms with Crippen LogP contribution in [0.15, 0.2) is 30.5 Å². The van der Waals surface area contributed by atoms with Crippen molar-refractivity contribution in [3.63, 3.8) is 0 Å². The molecule has 216 valence electrons. The number of benzene rings is 1. The smallest absolute Gasteiger partial charge is 0.348 e. The van der Waals surface area contributed by atoms with Crippen LogP contribution in [-0.2, 0) is 16.0 Å². The van der Waals surface area contributed by atoms with Gasteiger partial charge in [0.2, 0.25) is 11.8 Å². The minimum absolute atomic E-state index is 0.0186. The van der Waals surface area contributed by atoms with Crippen LogP contribution in [0, 0.1) is 17.8 Å². The largest absolute Gasteiger partial charge is 0.412 e. The Kier molecular flexibility index (Phi) is 7.64. The first kappa shape index (κ1) is 28.1. The van der Waals surface area contributed by atoms with Gasteiger partial charge in [0.25, 0.3) is 5.91 Å². The van der Waals surface area contributed by atoms with E-state index in [0.29, 0.717) is 41.6 Å². The highest BCUT2D eigenvalue weighted by atomic mass is 19.4. The summed E-state index contributed by atoms with van der Waals surface area (Å²) in [5.41, 5.74) is 7.49. The standard InChI is InChI=1S/C28H35F3N6O3/c1-14(2)37-21(11-12-33-37)25(38)36-23(22(15-3-4-15)16-5-6-16)26(39)34-18-8-9-19-17(13-18)7-10-20(19)35-27(40)24(32)28(29,30)31/h8-9,11-16,20,22-24H,3-7,10,32H2,1-2H3,(H,34,39)(H,35,40)(H,36,38)/t20-,23+,24?/m1/s1. The van der Waals surface area contributed by atoms with Crippen molar-refractivity contribution in [1.82, 2.24) is 20.4 Å². The number of aryl methyl sites for hydroxylation is 1. The summed E-state index contributed by atoms with van der Waals surface area (Å²) < 4.78 is 40.1. The highest BCUT2D eigenvalue weighted by Crippen LogP contribution is 2.51. The van der Waals surface area contributed by atoms with Crippen LogP contribution in [0.25, 0.3) is 0 Å². The zero-order valence-corrected chi connectivity index (χ0v) is 22.5. The number of halogens is 3. The summed E-state index contributed by atoms with van der Waals surface area (Å²) in [4.78, 5) is 39.0. The number of aromatic nitrogens is 2. The van der Waals surface area contributed by atoms with Crippen LogP contribution >= 0.6 is 0 Å². The molecule has 0 saturated heterocycles. The molecule has 40 heavy (non-hydrogen) atoms. The monoisotopic (exact) mass is 560 g/mol. The van der Waals surface area contributed by atoms with Gasteiger partial charge in [0.05, 0.1) is 6.04 Å². The summed E-state index contributed by atoms with van der Waals surface area (Å²) in [7, 11) is 0. The van der Waals surface area contributed by atoms with Crippen LogP contribution in [0.5, 0.6) is 0 Å². The van der Waals surface area contributed by atoms with Crippen molar-refractivity contribution in [3.05, 3.63) is 47.3 Å². The summed E-state index contributed by atoms with van der Waals surface area (Å²) in [6.07, 6.45) is 1.85. The molecular formula is C28H35F3N6O3. The lowest BCUT2D eigenvalue weighted by Gasteiger charge is -2.28. The molecule has 3 amide bonds. The topological polar surface area (TPSA) is 131 Å². The molecule has 9 nitrogen and oxygen atoms in total. The number of carbonyl (C=O) groups excluding carboxylic acids is 3. The van der Waals surface area contributed by atoms with Crippen LogP contribution in [0.4, 0.5) is 18.9 Å². The van der Waals surface area contributed by atoms with E-state index in [2.05, 4.69) is 21.0 Å². The molecule has 1 aromatic carbocycles. The summed E-state index contributed by atoms with van der Waals surface area (Å²) >= 11 is 0. The number of fused-ring (bicyclic) bond motifs is 1. The maximum Gasteiger partial charge on any atom is 0.412 e. The van der Waals surface area contributed by atoms with E-state index in [1.54, 1.807) is 35.1 Å². The maximum atomic E-state index is 13.7. The Bertz CT molecular complexity index is 1270. The number of hydrogen-bond acceptors (Lipinski definition) is 5. The fraction of sp³-hybridized carbons (Fsp3) is 0.571. The number of carbonyl (C=O) groups is 3. The number of amides is 3. The molecule has 0 radical (unpaired) electrons. The van der Waals surface area contributed by atoms with Crippen LogP contribution in [0.3, 0.4) is 0 Å². The zero-order chi connectivity index (χ0) is 28.8. The van der Waals surface area contributed by atoms with Crippen molar-refractivity contribution in [1.29, 1.82) is 0 Å². The predicted octanol–water partition coefficient (Wildman–Crippen LogP) is 3.63. The van der Waals surface area contributed by atoms with Crippen molar-refractivity contribution in [2.75, 3.05) is 5.32 Å². The van der Waals surface area contributed by atoms with Crippen molar-refractivity contribution in [2.45, 2.75) is 82.7 Å². The van der Waals surface area contributed by atoms with Gasteiger partial charge in [0.15, 0.2) is 6.04 Å². The van der Waals surface area contributed by atoms with Gasteiger partial charge >= 0.3 is 6.18 Å². The number of nitrogens with one attached hydrogen (secondary N) is 3. The van der Waals surface area contributed by atoms with E-state index in [0.717, 1.165) is 31.2 Å². The van der Waals surface area contributed by atoms with E-state index >= 15 is 0 Å². The number of hydrogen-bond donors (Lipinski definition) is 4. The molecule has 2 aromatic rings. The van der Waals surface area contributed by atoms with Crippen LogP contribution in [0.2, 0.25) is 0 Å². The average molecular weight is 561 g/mol. The Morgan fingerprint density at radius 2 is 1.70 bits per heavy atom. The van der Waals surface area contributed by atoms with Gasteiger partial charge in [-0.1, -0.05) is 6.07 Å². The van der Waals surface area contributed by atoms with Crippen LogP contribution in [-0.4, -0.2) is 45.8 Å². The molecule has 0 aliphatic heterocycles. The molecule has 5 rings (SSSR count). The van der Waals surface area contributed by atoms with Gasteiger partial charge in [-0.25, -0.2) is 0 Å². The van der Waals surface area contributed by atoms with Crippen molar-refractivity contribution in [3.8, 4) is 0 Å². The van der Waals surface area contributed by atoms with Crippen molar-refractivity contribution in [2.24, 2.45) is 23.5 Å². The predicted molar refractivity (Wildman–Crippen MR) is 141 cm³/mol. The van der Waals surface area contributed by atoms with Crippen molar-refractivity contribution >= 4 is 23.4 Å². The summed E-state index contributed by atoms with van der Waals surface area (Å²) in [6.45, 7) is 3.86. The van der Waals surface area contributed by atoms with Gasteiger partial charge in [0.1, 0.15) is 11.7 Å². The second kappa shape index (κ2) is 10.9. The average Bonchev–Trinajstić information content (AvgIpc) is 3.82. The molecule has 2 saturated carbocycles. The molecule has 5 N–H and O–H groups in total. The molecular weight excluding hydrogens is 525 g/mol. The first-order valence-electron chi connectivity index (χ1n) is 13.8. The third kappa shape index (κ3) is 6.01. The lowest BCUT2D eigenvalue weighted by Crippen LogP contribution is -2.50. The number of nitrogens with two attached hydrogens (primary N) is 1. The van der Waals surface area contributed by atoms with Gasteiger partial charge in [-0.3, -0.25) is 19.1 Å². The SMILES string of the molecule is CC(C)n1nccc1C(=O)N[C@H](C(=O)Nc1ccc2c(c1)CC[C@H]2NC(=O)C(N)C(F)(F)F)C(C1CC1)C1CC1. The fourth-order valence-corrected chi connectivity index (χ4v) is 5.82. The molecule has 1 heterocycles. The zero-order valence-electron chi connectivity index (χ0n) is 22.5. The lowest BCUT2D eigenvalue weighted by molar-refractivity contribution is -0.163. The Morgan fingerprint density at radius 3 is 2.30 bits per heavy atom. The minimum Gasteiger partial charge on any atom is -0.348 e. The lowest BCUT2D eigenvalue weighted by atomic mass is 9.88. The fourth-order valence-electron chi connectivity index (χ4n) is 5.82. The normalized spacial score (nSPS) is 20.2. The molecule has 3 aliphatic rings. The Labute approximate surface area is 230 Å². The highest BCUT2D eigenvalue weighted by Gasteiger charge is 2.48. The van der Waals surface area contributed by atoms with E-state index in [4.69, 9.17) is 5.73 Å². The summed E-state index contributed by atoms with van der Waals surface area (Å²) in [5, 5.41) is 12.6. The quantitative estimate of drug-likeness (QED) is 0.353. The van der Waals surface area contributed by atoms with Gasteiger partial charge in [0, 0.05) is 17.9 Å². The van der Waals surface area contributed by atoms with Crippen LogP contribution in [0.1, 0.15) is 79.7 Å². The molecule has 0 bridgehead atoms. The van der Waals surface area contributed by atoms with E-state index in [1.807, 2.05) is 13.8 Å². The molecule has 1 unspecified atom stereocenters. The van der Waals surface area contributed by atoms with E-state index < -0.39 is 30.2 Å². The van der Waals surface area contributed by atoms with Gasteiger partial charge in [-0.2, -0.15) is 18.3 Å². The van der Waals surface area contributed by atoms with Gasteiger partial charge in [-0.05, 0) is 99.5 Å². The third-order valence-corrected chi connectivity index (χ3v) is 8.12. The first-order chi connectivity index (χ1) is 18.9. The summed E-state index contributed by atoms with van der Waals surface area (Å²) in [5.74, 6) is -1.08.